The van der Waals surface area contributed by atoms with Gasteiger partial charge in [-0.15, -0.1) is 0 Å². The largest absolute Gasteiger partial charge is 0.489 e. The summed E-state index contributed by atoms with van der Waals surface area (Å²) in [5.74, 6) is -0.392. The van der Waals surface area contributed by atoms with E-state index in [-0.39, 0.29) is 0 Å². The molecule has 4 aromatic rings. The first-order valence-electron chi connectivity index (χ1n) is 13.1. The predicted octanol–water partition coefficient (Wildman–Crippen LogP) is 6.49. The molecule has 202 valence electrons. The van der Waals surface area contributed by atoms with Gasteiger partial charge in [0.25, 0.3) is 0 Å². The Bertz CT molecular complexity index is 1360. The molecule has 0 fully saturated rings. The van der Waals surface area contributed by atoms with Crippen molar-refractivity contribution in [1.82, 2.24) is 9.78 Å². The number of carbonyl (C=O) groups is 1. The van der Waals surface area contributed by atoms with E-state index in [4.69, 9.17) is 9.57 Å². The summed E-state index contributed by atoms with van der Waals surface area (Å²) in [6.07, 6.45) is 5.13. The first-order valence-corrected chi connectivity index (χ1v) is 13.1. The lowest BCUT2D eigenvalue weighted by molar-refractivity contribution is -0.139. The zero-order valence-electron chi connectivity index (χ0n) is 22.7. The Labute approximate surface area is 229 Å². The van der Waals surface area contributed by atoms with Crippen molar-refractivity contribution < 1.29 is 19.5 Å². The van der Waals surface area contributed by atoms with E-state index in [0.29, 0.717) is 37.0 Å². The minimum Gasteiger partial charge on any atom is -0.489 e. The van der Waals surface area contributed by atoms with Crippen molar-refractivity contribution in [2.75, 3.05) is 0 Å². The summed E-state index contributed by atoms with van der Waals surface area (Å²) < 4.78 is 7.79. The Morgan fingerprint density at radius 1 is 0.872 bits per heavy atom. The van der Waals surface area contributed by atoms with Gasteiger partial charge in [-0.25, -0.2) is 4.68 Å². The van der Waals surface area contributed by atoms with Crippen LogP contribution in [0.4, 0.5) is 0 Å². The zero-order chi connectivity index (χ0) is 27.6. The third kappa shape index (κ3) is 8.30. The predicted molar refractivity (Wildman–Crippen MR) is 152 cm³/mol. The molecule has 0 aliphatic heterocycles. The lowest BCUT2D eigenvalue weighted by Crippen LogP contribution is -2.24. The Morgan fingerprint density at radius 2 is 1.54 bits per heavy atom. The van der Waals surface area contributed by atoms with Gasteiger partial charge in [-0.2, -0.15) is 5.10 Å². The highest BCUT2D eigenvalue weighted by atomic mass is 16.6. The lowest BCUT2D eigenvalue weighted by atomic mass is 9.95. The first kappa shape index (κ1) is 27.6. The van der Waals surface area contributed by atoms with E-state index >= 15 is 0 Å². The van der Waals surface area contributed by atoms with Crippen LogP contribution >= 0.6 is 0 Å². The molecule has 0 saturated heterocycles. The number of carboxylic acid groups (broad SMARTS) is 1. The van der Waals surface area contributed by atoms with Crippen LogP contribution < -0.4 is 4.74 Å². The maximum absolute atomic E-state index is 11.9. The number of nitrogens with zero attached hydrogens (tertiary/aromatic N) is 3. The minimum atomic E-state index is -0.938. The summed E-state index contributed by atoms with van der Waals surface area (Å²) >= 11 is 0. The van der Waals surface area contributed by atoms with E-state index in [1.165, 1.54) is 5.56 Å². The van der Waals surface area contributed by atoms with E-state index < -0.39 is 11.9 Å². The number of hydrogen-bond acceptors (Lipinski definition) is 5. The van der Waals surface area contributed by atoms with Crippen molar-refractivity contribution in [1.29, 1.82) is 0 Å². The number of hydrogen-bond donors (Lipinski definition) is 1. The van der Waals surface area contributed by atoms with Crippen molar-refractivity contribution in [2.24, 2.45) is 17.0 Å². The molecule has 39 heavy (non-hydrogen) atoms. The molecule has 0 saturated carbocycles. The van der Waals surface area contributed by atoms with Crippen molar-refractivity contribution in [2.45, 2.75) is 46.8 Å². The molecule has 1 atom stereocenters. The molecule has 0 aliphatic carbocycles. The summed E-state index contributed by atoms with van der Waals surface area (Å²) in [5.41, 5.74) is 5.56. The molecule has 0 amide bonds. The summed E-state index contributed by atoms with van der Waals surface area (Å²) in [6.45, 7) is 6.79. The van der Waals surface area contributed by atoms with Crippen LogP contribution in [-0.2, 0) is 35.7 Å². The highest BCUT2D eigenvalue weighted by Gasteiger charge is 2.22. The second-order valence-electron chi connectivity index (χ2n) is 10.1. The minimum absolute atomic E-state index is 0.292. The van der Waals surface area contributed by atoms with Crippen LogP contribution in [-0.4, -0.2) is 26.6 Å². The Kier molecular flexibility index (Phi) is 9.51. The number of oxime groups is 1. The van der Waals surface area contributed by atoms with Gasteiger partial charge in [-0.3, -0.25) is 4.79 Å². The van der Waals surface area contributed by atoms with Gasteiger partial charge in [0.2, 0.25) is 0 Å². The number of aliphatic carboxylic acids is 1. The molecule has 3 aromatic carbocycles. The summed E-state index contributed by atoms with van der Waals surface area (Å²) in [4.78, 5) is 17.3. The van der Waals surface area contributed by atoms with Crippen molar-refractivity contribution in [3.63, 3.8) is 0 Å². The molecule has 7 nitrogen and oxygen atoms in total. The Hall–Kier alpha value is -4.39. The second kappa shape index (κ2) is 13.4. The Balaban J connectivity index is 1.29. The van der Waals surface area contributed by atoms with Crippen LogP contribution in [0.3, 0.4) is 0 Å². The number of carboxylic acids is 1. The van der Waals surface area contributed by atoms with Gasteiger partial charge in [-0.05, 0) is 66.6 Å². The van der Waals surface area contributed by atoms with Gasteiger partial charge in [0.1, 0.15) is 24.9 Å². The van der Waals surface area contributed by atoms with Crippen LogP contribution in [0.2, 0.25) is 0 Å². The number of aromatic nitrogens is 2. The molecule has 1 aromatic heterocycles. The van der Waals surface area contributed by atoms with Gasteiger partial charge in [0.15, 0.2) is 0 Å². The van der Waals surface area contributed by atoms with E-state index in [1.54, 1.807) is 13.1 Å². The van der Waals surface area contributed by atoms with E-state index in [1.807, 2.05) is 65.5 Å². The normalized spacial score (nSPS) is 12.4. The number of rotatable bonds is 13. The van der Waals surface area contributed by atoms with Crippen LogP contribution in [0.1, 0.15) is 43.0 Å². The molecular weight excluding hydrogens is 490 g/mol. The maximum atomic E-state index is 11.9. The van der Waals surface area contributed by atoms with Crippen LogP contribution in [0, 0.1) is 11.8 Å². The average molecular weight is 526 g/mol. The van der Waals surface area contributed by atoms with Crippen LogP contribution in [0.25, 0.3) is 5.69 Å². The van der Waals surface area contributed by atoms with Gasteiger partial charge in [-0.1, -0.05) is 73.6 Å². The molecule has 1 N–H and O–H groups in total. The molecule has 1 unspecified atom stereocenters. The fourth-order valence-electron chi connectivity index (χ4n) is 4.22. The fraction of sp³-hybridized carbons (Fsp3) is 0.281. The van der Waals surface area contributed by atoms with E-state index in [2.05, 4.69) is 48.4 Å². The lowest BCUT2D eigenvalue weighted by Gasteiger charge is -2.13. The van der Waals surface area contributed by atoms with Crippen molar-refractivity contribution in [3.05, 3.63) is 114 Å². The first-order chi connectivity index (χ1) is 18.9. The van der Waals surface area contributed by atoms with E-state index in [0.717, 1.165) is 28.8 Å². The summed E-state index contributed by atoms with van der Waals surface area (Å²) in [7, 11) is 0. The molecule has 0 bridgehead atoms. The fourth-order valence-corrected chi connectivity index (χ4v) is 4.22. The van der Waals surface area contributed by atoms with E-state index in [9.17, 15) is 9.90 Å². The molecule has 7 heteroatoms. The molecule has 0 aliphatic rings. The average Bonchev–Trinajstić information content (AvgIpc) is 3.41. The summed E-state index contributed by atoms with van der Waals surface area (Å²) in [5, 5.41) is 18.3. The maximum Gasteiger partial charge on any atom is 0.312 e. The number of benzene rings is 3. The van der Waals surface area contributed by atoms with Gasteiger partial charge >= 0.3 is 5.97 Å². The molecule has 1 heterocycles. The van der Waals surface area contributed by atoms with Crippen LogP contribution in [0.15, 0.2) is 96.4 Å². The Morgan fingerprint density at radius 3 is 2.21 bits per heavy atom. The third-order valence-corrected chi connectivity index (χ3v) is 6.33. The van der Waals surface area contributed by atoms with Gasteiger partial charge in [0.05, 0.1) is 17.6 Å². The third-order valence-electron chi connectivity index (χ3n) is 6.33. The monoisotopic (exact) mass is 525 g/mol. The topological polar surface area (TPSA) is 85.9 Å². The molecule has 4 rings (SSSR count). The van der Waals surface area contributed by atoms with Gasteiger partial charge in [0, 0.05) is 11.8 Å². The van der Waals surface area contributed by atoms with Crippen molar-refractivity contribution in [3.8, 4) is 11.4 Å². The quantitative estimate of drug-likeness (QED) is 0.159. The highest BCUT2D eigenvalue weighted by molar-refractivity contribution is 6.00. The van der Waals surface area contributed by atoms with Gasteiger partial charge < -0.3 is 14.7 Å². The molecular formula is C32H35N3O4. The van der Waals surface area contributed by atoms with Crippen molar-refractivity contribution >= 4 is 11.7 Å². The van der Waals surface area contributed by atoms with Crippen LogP contribution in [0.5, 0.6) is 5.75 Å². The number of ether oxygens (including phenoxy) is 1. The summed E-state index contributed by atoms with van der Waals surface area (Å²) in [6, 6.07) is 25.6. The standard InChI is InChI=1S/C32H35N3O4/c1-23(2)17-25-9-13-29(14-10-25)35-20-28(19-33-35)21-38-30-15-11-26(12-16-30)18-31(32(36)37)24(3)34-39-22-27-7-5-4-6-8-27/h4-16,19-20,23,31H,17-18,21-22H2,1-3H3,(H,36,37)/b34-24+. The second-order valence-corrected chi connectivity index (χ2v) is 10.1. The smallest absolute Gasteiger partial charge is 0.312 e. The zero-order valence-corrected chi connectivity index (χ0v) is 22.7. The molecule has 0 spiro atoms. The molecule has 0 radical (unpaired) electrons. The SMILES string of the molecule is C/C(=N\OCc1ccccc1)C(Cc1ccc(OCc2cnn(-c3ccc(CC(C)C)cc3)c2)cc1)C(=O)O. The highest BCUT2D eigenvalue weighted by Crippen LogP contribution is 2.19.